The van der Waals surface area contributed by atoms with Crippen LogP contribution in [0.3, 0.4) is 0 Å². The standard InChI is InChI=1S/C13H11Cl2N3O/c14-11-5-9-1-3-17(7-10(9)6-12(11)15)13(19)18-4-2-16-8-18/h2,4-6,8H,1,3,7H2. The van der Waals surface area contributed by atoms with Gasteiger partial charge in [0.1, 0.15) is 6.33 Å². The zero-order valence-electron chi connectivity index (χ0n) is 10.0. The van der Waals surface area contributed by atoms with Crippen molar-refractivity contribution < 1.29 is 4.79 Å². The predicted molar refractivity (Wildman–Crippen MR) is 73.6 cm³/mol. The number of nitrogens with zero attached hydrogens (tertiary/aromatic N) is 3. The molecule has 1 aliphatic heterocycles. The minimum Gasteiger partial charge on any atom is -0.319 e. The van der Waals surface area contributed by atoms with Crippen LogP contribution in [0.1, 0.15) is 11.1 Å². The fourth-order valence-corrected chi connectivity index (χ4v) is 2.62. The summed E-state index contributed by atoms with van der Waals surface area (Å²) in [6.07, 6.45) is 5.53. The summed E-state index contributed by atoms with van der Waals surface area (Å²) in [5.74, 6) is 0. The van der Waals surface area contributed by atoms with Crippen LogP contribution in [0, 0.1) is 0 Å². The summed E-state index contributed by atoms with van der Waals surface area (Å²) in [6, 6.07) is 3.65. The number of benzene rings is 1. The Morgan fingerprint density at radius 2 is 1.95 bits per heavy atom. The molecule has 0 saturated carbocycles. The van der Waals surface area contributed by atoms with Gasteiger partial charge in [-0.05, 0) is 29.7 Å². The second kappa shape index (κ2) is 4.87. The molecule has 0 radical (unpaired) electrons. The molecular formula is C13H11Cl2N3O. The molecule has 19 heavy (non-hydrogen) atoms. The molecule has 4 nitrogen and oxygen atoms in total. The number of halogens is 2. The second-order valence-corrected chi connectivity index (χ2v) is 5.27. The highest BCUT2D eigenvalue weighted by Crippen LogP contribution is 2.29. The quantitative estimate of drug-likeness (QED) is 0.748. The maximum atomic E-state index is 12.2. The van der Waals surface area contributed by atoms with Crippen molar-refractivity contribution in [2.24, 2.45) is 0 Å². The third kappa shape index (κ3) is 2.33. The van der Waals surface area contributed by atoms with Gasteiger partial charge in [0.25, 0.3) is 0 Å². The van der Waals surface area contributed by atoms with Crippen molar-refractivity contribution >= 4 is 29.2 Å². The van der Waals surface area contributed by atoms with E-state index >= 15 is 0 Å². The molecule has 0 saturated heterocycles. The van der Waals surface area contributed by atoms with Gasteiger partial charge in [-0.3, -0.25) is 4.57 Å². The van der Waals surface area contributed by atoms with Crippen molar-refractivity contribution in [3.63, 3.8) is 0 Å². The number of hydrogen-bond acceptors (Lipinski definition) is 2. The van der Waals surface area contributed by atoms with E-state index in [-0.39, 0.29) is 6.03 Å². The first-order valence-electron chi connectivity index (χ1n) is 5.89. The van der Waals surface area contributed by atoms with Gasteiger partial charge >= 0.3 is 6.03 Å². The van der Waals surface area contributed by atoms with E-state index in [1.54, 1.807) is 17.3 Å². The van der Waals surface area contributed by atoms with Gasteiger partial charge in [-0.15, -0.1) is 0 Å². The highest BCUT2D eigenvalue weighted by molar-refractivity contribution is 6.42. The van der Waals surface area contributed by atoms with Crippen molar-refractivity contribution in [2.45, 2.75) is 13.0 Å². The molecule has 0 unspecified atom stereocenters. The Bertz CT molecular complexity index is 625. The summed E-state index contributed by atoms with van der Waals surface area (Å²) in [6.45, 7) is 1.21. The van der Waals surface area contributed by atoms with E-state index < -0.39 is 0 Å². The summed E-state index contributed by atoms with van der Waals surface area (Å²) in [5, 5.41) is 1.09. The number of carbonyl (C=O) groups excluding carboxylic acids is 1. The number of fused-ring (bicyclic) bond motifs is 1. The topological polar surface area (TPSA) is 38.1 Å². The van der Waals surface area contributed by atoms with Crippen LogP contribution in [-0.2, 0) is 13.0 Å². The summed E-state index contributed by atoms with van der Waals surface area (Å²) >= 11 is 12.0. The largest absolute Gasteiger partial charge is 0.329 e. The summed E-state index contributed by atoms with van der Waals surface area (Å²) in [7, 11) is 0. The van der Waals surface area contributed by atoms with Gasteiger partial charge in [-0.1, -0.05) is 23.2 Å². The molecule has 0 N–H and O–H groups in total. The minimum atomic E-state index is -0.0748. The van der Waals surface area contributed by atoms with Crippen LogP contribution in [0.2, 0.25) is 10.0 Å². The Kier molecular flexibility index (Phi) is 3.21. The van der Waals surface area contributed by atoms with Crippen molar-refractivity contribution in [1.29, 1.82) is 0 Å². The van der Waals surface area contributed by atoms with E-state index in [1.807, 2.05) is 12.1 Å². The summed E-state index contributed by atoms with van der Waals surface area (Å²) in [4.78, 5) is 17.9. The van der Waals surface area contributed by atoms with Crippen LogP contribution >= 0.6 is 23.2 Å². The maximum Gasteiger partial charge on any atom is 0.329 e. The summed E-state index contributed by atoms with van der Waals surface area (Å²) in [5.41, 5.74) is 2.21. The molecule has 0 aliphatic carbocycles. The van der Waals surface area contributed by atoms with Gasteiger partial charge in [0.15, 0.2) is 0 Å². The first-order valence-corrected chi connectivity index (χ1v) is 6.65. The van der Waals surface area contributed by atoms with E-state index in [0.29, 0.717) is 23.1 Å². The average molecular weight is 296 g/mol. The number of hydrogen-bond donors (Lipinski definition) is 0. The molecule has 1 aliphatic rings. The molecule has 1 aromatic carbocycles. The van der Waals surface area contributed by atoms with Gasteiger partial charge in [-0.2, -0.15) is 0 Å². The first-order chi connectivity index (χ1) is 9.15. The number of carbonyl (C=O) groups is 1. The normalized spacial score (nSPS) is 14.3. The van der Waals surface area contributed by atoms with Gasteiger partial charge in [0.2, 0.25) is 0 Å². The fraction of sp³-hybridized carbons (Fsp3) is 0.231. The smallest absolute Gasteiger partial charge is 0.319 e. The molecule has 1 aromatic heterocycles. The van der Waals surface area contributed by atoms with E-state index in [0.717, 1.165) is 17.5 Å². The second-order valence-electron chi connectivity index (χ2n) is 4.46. The van der Waals surface area contributed by atoms with Crippen LogP contribution in [0.5, 0.6) is 0 Å². The molecule has 6 heteroatoms. The predicted octanol–water partition coefficient (Wildman–Crippen LogP) is 3.22. The lowest BCUT2D eigenvalue weighted by Gasteiger charge is -2.29. The third-order valence-corrected chi connectivity index (χ3v) is 3.97. The van der Waals surface area contributed by atoms with Crippen LogP contribution in [-0.4, -0.2) is 27.0 Å². The molecule has 1 amide bonds. The Hall–Kier alpha value is -1.52. The first kappa shape index (κ1) is 12.5. The van der Waals surface area contributed by atoms with Crippen molar-refractivity contribution in [3.05, 3.63) is 52.0 Å². The molecule has 98 valence electrons. The van der Waals surface area contributed by atoms with Gasteiger partial charge in [0, 0.05) is 25.5 Å². The number of aromatic nitrogens is 2. The SMILES string of the molecule is O=C(N1CCc2cc(Cl)c(Cl)cc2C1)n1ccnc1. The highest BCUT2D eigenvalue weighted by atomic mass is 35.5. The Balaban J connectivity index is 1.86. The highest BCUT2D eigenvalue weighted by Gasteiger charge is 2.22. The maximum absolute atomic E-state index is 12.2. The fourth-order valence-electron chi connectivity index (χ4n) is 2.25. The molecular weight excluding hydrogens is 285 g/mol. The van der Waals surface area contributed by atoms with E-state index in [9.17, 15) is 4.79 Å². The number of imidazole rings is 1. The van der Waals surface area contributed by atoms with Gasteiger partial charge < -0.3 is 4.90 Å². The van der Waals surface area contributed by atoms with Crippen molar-refractivity contribution in [2.75, 3.05) is 6.54 Å². The lowest BCUT2D eigenvalue weighted by atomic mass is 10.00. The number of rotatable bonds is 0. The molecule has 2 aromatic rings. The molecule has 0 atom stereocenters. The molecule has 0 fully saturated rings. The minimum absolute atomic E-state index is 0.0748. The molecule has 0 bridgehead atoms. The Morgan fingerprint density at radius 3 is 2.63 bits per heavy atom. The Labute approximate surface area is 120 Å². The van der Waals surface area contributed by atoms with Crippen molar-refractivity contribution in [3.8, 4) is 0 Å². The van der Waals surface area contributed by atoms with Crippen LogP contribution in [0.25, 0.3) is 0 Å². The molecule has 2 heterocycles. The lowest BCUT2D eigenvalue weighted by molar-refractivity contribution is 0.194. The number of amides is 1. The van der Waals surface area contributed by atoms with Gasteiger partial charge in [0.05, 0.1) is 10.0 Å². The summed E-state index contributed by atoms with van der Waals surface area (Å²) < 4.78 is 1.47. The van der Waals surface area contributed by atoms with Crippen molar-refractivity contribution in [1.82, 2.24) is 14.5 Å². The lowest BCUT2D eigenvalue weighted by Crippen LogP contribution is -2.38. The zero-order valence-corrected chi connectivity index (χ0v) is 11.5. The van der Waals surface area contributed by atoms with E-state index in [4.69, 9.17) is 23.2 Å². The molecule has 3 rings (SSSR count). The van der Waals surface area contributed by atoms with Gasteiger partial charge in [-0.25, -0.2) is 9.78 Å². The van der Waals surface area contributed by atoms with E-state index in [2.05, 4.69) is 4.98 Å². The third-order valence-electron chi connectivity index (χ3n) is 3.25. The molecule has 0 spiro atoms. The van der Waals surface area contributed by atoms with Crippen LogP contribution < -0.4 is 0 Å². The van der Waals surface area contributed by atoms with Crippen LogP contribution in [0.15, 0.2) is 30.9 Å². The van der Waals surface area contributed by atoms with E-state index in [1.165, 1.54) is 10.9 Å². The Morgan fingerprint density at radius 1 is 1.21 bits per heavy atom. The van der Waals surface area contributed by atoms with Crippen LogP contribution in [0.4, 0.5) is 4.79 Å². The monoisotopic (exact) mass is 295 g/mol. The zero-order chi connectivity index (χ0) is 13.4. The average Bonchev–Trinajstić information content (AvgIpc) is 2.93.